The van der Waals surface area contributed by atoms with Gasteiger partial charge in [-0.3, -0.25) is 4.98 Å². The lowest BCUT2D eigenvalue weighted by molar-refractivity contribution is 0.474. The number of anilines is 1. The Balaban J connectivity index is 3.25. The molecule has 0 spiro atoms. The van der Waals surface area contributed by atoms with Crippen LogP contribution in [0.3, 0.4) is 0 Å². The summed E-state index contributed by atoms with van der Waals surface area (Å²) in [5, 5.41) is 8.99. The van der Waals surface area contributed by atoms with Gasteiger partial charge >= 0.3 is 0 Å². The van der Waals surface area contributed by atoms with Gasteiger partial charge in [0.15, 0.2) is 5.75 Å². The van der Waals surface area contributed by atoms with Crippen LogP contribution >= 0.6 is 15.9 Å². The molecule has 0 fully saturated rings. The van der Waals surface area contributed by atoms with Gasteiger partial charge < -0.3 is 10.8 Å². The Labute approximate surface area is 60.7 Å². The SMILES string of the molecule is Nc1cncc(Br)c1O. The molecule has 0 saturated heterocycles. The van der Waals surface area contributed by atoms with E-state index in [1.165, 1.54) is 12.4 Å². The van der Waals surface area contributed by atoms with E-state index in [2.05, 4.69) is 20.9 Å². The van der Waals surface area contributed by atoms with Gasteiger partial charge in [0.2, 0.25) is 0 Å². The van der Waals surface area contributed by atoms with E-state index in [1.54, 1.807) is 0 Å². The van der Waals surface area contributed by atoms with Crippen molar-refractivity contribution in [1.29, 1.82) is 0 Å². The van der Waals surface area contributed by atoms with Gasteiger partial charge in [-0.25, -0.2) is 0 Å². The fraction of sp³-hybridized carbons (Fsp3) is 0. The summed E-state index contributed by atoms with van der Waals surface area (Å²) in [7, 11) is 0. The number of hydrogen-bond acceptors (Lipinski definition) is 3. The number of halogens is 1. The number of nitrogens with zero attached hydrogens (tertiary/aromatic N) is 1. The zero-order chi connectivity index (χ0) is 6.85. The van der Waals surface area contributed by atoms with Crippen LogP contribution in [0.4, 0.5) is 5.69 Å². The quantitative estimate of drug-likeness (QED) is 0.643. The van der Waals surface area contributed by atoms with Gasteiger partial charge in [-0.1, -0.05) is 0 Å². The molecular formula is C5H5BrN2O. The van der Waals surface area contributed by atoms with Crippen LogP contribution in [0.2, 0.25) is 0 Å². The first kappa shape index (κ1) is 6.35. The number of rotatable bonds is 0. The predicted molar refractivity (Wildman–Crippen MR) is 38.0 cm³/mol. The summed E-state index contributed by atoms with van der Waals surface area (Å²) in [6.45, 7) is 0. The van der Waals surface area contributed by atoms with Crippen LogP contribution in [0, 0.1) is 0 Å². The number of nitrogens with two attached hydrogens (primary N) is 1. The van der Waals surface area contributed by atoms with Crippen LogP contribution in [-0.2, 0) is 0 Å². The Hall–Kier alpha value is -0.770. The van der Waals surface area contributed by atoms with E-state index in [0.717, 1.165) is 0 Å². The Morgan fingerprint density at radius 1 is 1.56 bits per heavy atom. The highest BCUT2D eigenvalue weighted by molar-refractivity contribution is 9.10. The van der Waals surface area contributed by atoms with Crippen molar-refractivity contribution in [3.63, 3.8) is 0 Å². The average molecular weight is 189 g/mol. The molecule has 0 aliphatic rings. The zero-order valence-electron chi connectivity index (χ0n) is 4.50. The topological polar surface area (TPSA) is 59.1 Å². The number of pyridine rings is 1. The number of hydrogen-bond donors (Lipinski definition) is 2. The van der Waals surface area contributed by atoms with Crippen LogP contribution in [-0.4, -0.2) is 10.1 Å². The van der Waals surface area contributed by atoms with Crippen LogP contribution in [0.15, 0.2) is 16.9 Å². The number of nitrogen functional groups attached to an aromatic ring is 1. The maximum Gasteiger partial charge on any atom is 0.155 e. The Morgan fingerprint density at radius 2 is 2.22 bits per heavy atom. The molecule has 3 nitrogen and oxygen atoms in total. The highest BCUT2D eigenvalue weighted by atomic mass is 79.9. The molecule has 9 heavy (non-hydrogen) atoms. The van der Waals surface area contributed by atoms with E-state index in [-0.39, 0.29) is 11.4 Å². The fourth-order valence-electron chi connectivity index (χ4n) is 0.443. The van der Waals surface area contributed by atoms with Crippen molar-refractivity contribution in [2.75, 3.05) is 5.73 Å². The maximum atomic E-state index is 8.99. The largest absolute Gasteiger partial charge is 0.505 e. The molecule has 0 saturated carbocycles. The van der Waals surface area contributed by atoms with Gasteiger partial charge in [-0.15, -0.1) is 0 Å². The van der Waals surface area contributed by atoms with Crippen molar-refractivity contribution in [2.24, 2.45) is 0 Å². The molecule has 0 aromatic carbocycles. The Morgan fingerprint density at radius 3 is 2.67 bits per heavy atom. The summed E-state index contributed by atoms with van der Waals surface area (Å²) in [5.74, 6) is 0.0463. The first-order valence-corrected chi connectivity index (χ1v) is 3.09. The van der Waals surface area contributed by atoms with E-state index < -0.39 is 0 Å². The van der Waals surface area contributed by atoms with E-state index in [9.17, 15) is 0 Å². The summed E-state index contributed by atoms with van der Waals surface area (Å²) in [6, 6.07) is 0. The fourth-order valence-corrected chi connectivity index (χ4v) is 0.790. The second-order valence-corrected chi connectivity index (χ2v) is 2.41. The minimum atomic E-state index is 0.0463. The average Bonchev–Trinajstić information content (AvgIpc) is 1.83. The van der Waals surface area contributed by atoms with Gasteiger partial charge in [-0.2, -0.15) is 0 Å². The molecule has 0 amide bonds. The smallest absolute Gasteiger partial charge is 0.155 e. The van der Waals surface area contributed by atoms with Gasteiger partial charge in [0, 0.05) is 6.20 Å². The summed E-state index contributed by atoms with van der Waals surface area (Å²) in [4.78, 5) is 3.71. The molecule has 0 atom stereocenters. The van der Waals surface area contributed by atoms with Crippen LogP contribution in [0.5, 0.6) is 5.75 Å². The molecule has 0 aliphatic carbocycles. The second kappa shape index (κ2) is 2.23. The molecule has 0 radical (unpaired) electrons. The maximum absolute atomic E-state index is 8.99. The van der Waals surface area contributed by atoms with Crippen LogP contribution < -0.4 is 5.73 Å². The predicted octanol–water partition coefficient (Wildman–Crippen LogP) is 1.13. The molecule has 1 rings (SSSR count). The lowest BCUT2D eigenvalue weighted by atomic mass is 10.4. The van der Waals surface area contributed by atoms with Gasteiger partial charge in [0.25, 0.3) is 0 Å². The molecule has 1 aromatic rings. The standard InChI is InChI=1S/C5H5BrN2O/c6-3-1-8-2-4(7)5(3)9/h1-2H,7H2,(H,8,9). The molecular weight excluding hydrogens is 184 g/mol. The van der Waals surface area contributed by atoms with Crippen molar-refractivity contribution < 1.29 is 5.11 Å². The number of aromatic nitrogens is 1. The summed E-state index contributed by atoms with van der Waals surface area (Å²) in [6.07, 6.45) is 2.87. The summed E-state index contributed by atoms with van der Waals surface area (Å²) >= 11 is 3.05. The Bertz CT molecular complexity index is 206. The third-order valence-electron chi connectivity index (χ3n) is 0.901. The normalized spacial score (nSPS) is 9.44. The first-order valence-electron chi connectivity index (χ1n) is 2.30. The highest BCUT2D eigenvalue weighted by Crippen LogP contribution is 2.27. The molecule has 48 valence electrons. The van der Waals surface area contributed by atoms with Crippen LogP contribution in [0.25, 0.3) is 0 Å². The van der Waals surface area contributed by atoms with Crippen molar-refractivity contribution in [3.05, 3.63) is 16.9 Å². The zero-order valence-corrected chi connectivity index (χ0v) is 6.09. The van der Waals surface area contributed by atoms with E-state index in [0.29, 0.717) is 4.47 Å². The van der Waals surface area contributed by atoms with E-state index in [4.69, 9.17) is 10.8 Å². The van der Waals surface area contributed by atoms with E-state index in [1.807, 2.05) is 0 Å². The molecule has 1 heterocycles. The van der Waals surface area contributed by atoms with E-state index >= 15 is 0 Å². The lowest BCUT2D eigenvalue weighted by Crippen LogP contribution is -1.86. The van der Waals surface area contributed by atoms with Crippen molar-refractivity contribution in [2.45, 2.75) is 0 Å². The monoisotopic (exact) mass is 188 g/mol. The molecule has 0 aliphatic heterocycles. The van der Waals surface area contributed by atoms with Crippen molar-refractivity contribution >= 4 is 21.6 Å². The minimum absolute atomic E-state index is 0.0463. The first-order chi connectivity index (χ1) is 4.22. The van der Waals surface area contributed by atoms with Gasteiger partial charge in [0.1, 0.15) is 0 Å². The summed E-state index contributed by atoms with van der Waals surface area (Å²) < 4.78 is 0.516. The molecule has 3 N–H and O–H groups in total. The van der Waals surface area contributed by atoms with Crippen molar-refractivity contribution in [3.8, 4) is 5.75 Å². The van der Waals surface area contributed by atoms with Gasteiger partial charge in [0.05, 0.1) is 16.4 Å². The summed E-state index contributed by atoms with van der Waals surface area (Å²) in [5.41, 5.74) is 5.56. The third kappa shape index (κ3) is 1.13. The molecule has 0 unspecified atom stereocenters. The third-order valence-corrected chi connectivity index (χ3v) is 1.48. The number of aromatic hydroxyl groups is 1. The molecule has 4 heteroatoms. The lowest BCUT2D eigenvalue weighted by Gasteiger charge is -1.96. The Kier molecular flexibility index (Phi) is 1.57. The molecule has 0 bridgehead atoms. The van der Waals surface area contributed by atoms with Crippen LogP contribution in [0.1, 0.15) is 0 Å². The highest BCUT2D eigenvalue weighted by Gasteiger charge is 1.99. The second-order valence-electron chi connectivity index (χ2n) is 1.56. The molecule has 1 aromatic heterocycles. The van der Waals surface area contributed by atoms with Crippen molar-refractivity contribution in [1.82, 2.24) is 4.98 Å². The van der Waals surface area contributed by atoms with Gasteiger partial charge in [-0.05, 0) is 15.9 Å². The minimum Gasteiger partial charge on any atom is -0.505 e.